The zero-order chi connectivity index (χ0) is 20.4. The third-order valence-electron chi connectivity index (χ3n) is 6.40. The maximum atomic E-state index is 12.6. The van der Waals surface area contributed by atoms with Crippen LogP contribution < -0.4 is 10.4 Å². The highest BCUT2D eigenvalue weighted by Gasteiger charge is 2.30. The van der Waals surface area contributed by atoms with Crippen molar-refractivity contribution in [2.24, 2.45) is 7.05 Å². The van der Waals surface area contributed by atoms with Gasteiger partial charge in [0.1, 0.15) is 11.6 Å². The molecule has 0 atom stereocenters. The van der Waals surface area contributed by atoms with Crippen LogP contribution in [0.2, 0.25) is 0 Å². The molecule has 1 saturated carbocycles. The molecule has 29 heavy (non-hydrogen) atoms. The summed E-state index contributed by atoms with van der Waals surface area (Å²) in [6.07, 6.45) is 6.40. The average Bonchev–Trinajstić information content (AvgIpc) is 3.37. The fourth-order valence-corrected chi connectivity index (χ4v) is 4.70. The Morgan fingerprint density at radius 3 is 2.38 bits per heavy atom. The van der Waals surface area contributed by atoms with Crippen molar-refractivity contribution in [2.75, 3.05) is 26.7 Å². The van der Waals surface area contributed by atoms with Crippen molar-refractivity contribution in [2.45, 2.75) is 50.5 Å². The van der Waals surface area contributed by atoms with Crippen molar-refractivity contribution in [1.29, 1.82) is 0 Å². The Hall–Kier alpha value is -2.41. The number of hydrogen-bond donors (Lipinski definition) is 0. The maximum absolute atomic E-state index is 12.6. The number of benzene rings is 1. The molecule has 1 aliphatic heterocycles. The first-order valence-corrected chi connectivity index (χ1v) is 10.6. The fraction of sp³-hybridized carbons (Fsp3) is 0.591. The van der Waals surface area contributed by atoms with Gasteiger partial charge >= 0.3 is 5.69 Å². The van der Waals surface area contributed by atoms with Crippen molar-refractivity contribution in [3.05, 3.63) is 46.1 Å². The van der Waals surface area contributed by atoms with Gasteiger partial charge in [-0.05, 0) is 63.0 Å². The van der Waals surface area contributed by atoms with Gasteiger partial charge in [0.05, 0.1) is 13.7 Å². The van der Waals surface area contributed by atoms with Crippen molar-refractivity contribution >= 4 is 5.78 Å². The first-order valence-electron chi connectivity index (χ1n) is 10.6. The van der Waals surface area contributed by atoms with Gasteiger partial charge in [-0.2, -0.15) is 5.10 Å². The molecule has 1 saturated heterocycles. The summed E-state index contributed by atoms with van der Waals surface area (Å²) >= 11 is 0. The van der Waals surface area contributed by atoms with Crippen LogP contribution in [0.5, 0.6) is 5.75 Å². The molecule has 0 amide bonds. The number of nitrogens with zero attached hydrogens (tertiary/aromatic N) is 4. The highest BCUT2D eigenvalue weighted by Crippen LogP contribution is 2.33. The number of piperidine rings is 1. The highest BCUT2D eigenvalue weighted by molar-refractivity contribution is 5.97. The zero-order valence-corrected chi connectivity index (χ0v) is 17.3. The number of ketones is 1. The van der Waals surface area contributed by atoms with Crippen LogP contribution in [0.15, 0.2) is 29.1 Å². The number of hydrogen-bond acceptors (Lipinski definition) is 5. The predicted octanol–water partition coefficient (Wildman–Crippen LogP) is 2.77. The molecule has 7 nitrogen and oxygen atoms in total. The minimum Gasteiger partial charge on any atom is -0.497 e. The van der Waals surface area contributed by atoms with E-state index < -0.39 is 0 Å². The Bertz CT molecular complexity index is 901. The Morgan fingerprint density at radius 1 is 1.10 bits per heavy atom. The van der Waals surface area contributed by atoms with Gasteiger partial charge in [-0.1, -0.05) is 12.8 Å². The van der Waals surface area contributed by atoms with Crippen LogP contribution in [0.25, 0.3) is 0 Å². The minimum atomic E-state index is 0.0176. The number of carbonyl (C=O) groups is 1. The van der Waals surface area contributed by atoms with E-state index in [0.717, 1.165) is 50.3 Å². The fourth-order valence-electron chi connectivity index (χ4n) is 4.70. The van der Waals surface area contributed by atoms with Crippen molar-refractivity contribution in [3.8, 4) is 5.75 Å². The highest BCUT2D eigenvalue weighted by atomic mass is 16.5. The summed E-state index contributed by atoms with van der Waals surface area (Å²) in [6.45, 7) is 2.13. The van der Waals surface area contributed by atoms with Crippen molar-refractivity contribution in [1.82, 2.24) is 19.2 Å². The smallest absolute Gasteiger partial charge is 0.345 e. The normalized spacial score (nSPS) is 19.0. The van der Waals surface area contributed by atoms with E-state index >= 15 is 0 Å². The molecule has 0 unspecified atom stereocenters. The van der Waals surface area contributed by atoms with Gasteiger partial charge in [0.2, 0.25) is 0 Å². The second kappa shape index (κ2) is 8.53. The molecule has 0 bridgehead atoms. The molecule has 1 aromatic heterocycles. The van der Waals surface area contributed by atoms with Crippen LogP contribution in [0.3, 0.4) is 0 Å². The topological polar surface area (TPSA) is 69.4 Å². The lowest BCUT2D eigenvalue weighted by molar-refractivity contribution is 0.0907. The SMILES string of the molecule is COc1ccc(C(=O)CN2CCC(c3nn(C)c(=O)n3C3CCCC3)CC2)cc1. The Labute approximate surface area is 171 Å². The maximum Gasteiger partial charge on any atom is 0.345 e. The third-order valence-corrected chi connectivity index (χ3v) is 6.40. The summed E-state index contributed by atoms with van der Waals surface area (Å²) in [7, 11) is 3.37. The predicted molar refractivity (Wildman–Crippen MR) is 111 cm³/mol. The second-order valence-corrected chi connectivity index (χ2v) is 8.27. The van der Waals surface area contributed by atoms with Crippen LogP contribution in [-0.4, -0.2) is 51.8 Å². The van der Waals surface area contributed by atoms with E-state index in [2.05, 4.69) is 10.00 Å². The molecule has 4 rings (SSSR count). The summed E-state index contributed by atoms with van der Waals surface area (Å²) in [4.78, 5) is 27.4. The monoisotopic (exact) mass is 398 g/mol. The van der Waals surface area contributed by atoms with Gasteiger partial charge in [0.25, 0.3) is 0 Å². The van der Waals surface area contributed by atoms with Gasteiger partial charge in [0, 0.05) is 24.6 Å². The quantitative estimate of drug-likeness (QED) is 0.700. The first kappa shape index (κ1) is 19.9. The van der Waals surface area contributed by atoms with E-state index in [0.29, 0.717) is 18.2 Å². The lowest BCUT2D eigenvalue weighted by atomic mass is 9.95. The Kier molecular flexibility index (Phi) is 5.85. The number of carbonyl (C=O) groups excluding carboxylic acids is 1. The van der Waals surface area contributed by atoms with Crippen LogP contribution in [0, 0.1) is 0 Å². The summed E-state index contributed by atoms with van der Waals surface area (Å²) in [5, 5.41) is 4.60. The molecule has 2 aromatic rings. The third kappa shape index (κ3) is 4.15. The Balaban J connectivity index is 1.39. The summed E-state index contributed by atoms with van der Waals surface area (Å²) in [5.74, 6) is 2.13. The molecular weight excluding hydrogens is 368 g/mol. The van der Waals surface area contributed by atoms with Crippen molar-refractivity contribution in [3.63, 3.8) is 0 Å². The molecular formula is C22H30N4O3. The van der Waals surface area contributed by atoms with Gasteiger partial charge in [-0.15, -0.1) is 0 Å². The number of ether oxygens (including phenoxy) is 1. The van der Waals surface area contributed by atoms with Crippen LogP contribution >= 0.6 is 0 Å². The molecule has 0 radical (unpaired) electrons. The van der Waals surface area contributed by atoms with Gasteiger partial charge in [0.15, 0.2) is 5.78 Å². The number of aryl methyl sites for hydroxylation is 1. The molecule has 0 N–H and O–H groups in total. The average molecular weight is 399 g/mol. The number of methoxy groups -OCH3 is 1. The molecule has 1 aliphatic carbocycles. The molecule has 1 aromatic carbocycles. The van der Waals surface area contributed by atoms with E-state index in [-0.39, 0.29) is 17.4 Å². The number of rotatable bonds is 6. The largest absolute Gasteiger partial charge is 0.497 e. The molecule has 7 heteroatoms. The molecule has 2 aliphatic rings. The first-order chi connectivity index (χ1) is 14.1. The lowest BCUT2D eigenvalue weighted by Gasteiger charge is -2.31. The molecule has 2 fully saturated rings. The zero-order valence-electron chi connectivity index (χ0n) is 17.3. The summed E-state index contributed by atoms with van der Waals surface area (Å²) in [6, 6.07) is 7.59. The van der Waals surface area contributed by atoms with Gasteiger partial charge < -0.3 is 4.74 Å². The van der Waals surface area contributed by atoms with Crippen LogP contribution in [0.1, 0.15) is 66.7 Å². The summed E-state index contributed by atoms with van der Waals surface area (Å²) < 4.78 is 8.62. The number of Topliss-reactive ketones (excluding diaryl/α,β-unsaturated/α-hetero) is 1. The number of likely N-dealkylation sites (tertiary alicyclic amines) is 1. The van der Waals surface area contributed by atoms with Crippen molar-refractivity contribution < 1.29 is 9.53 Å². The minimum absolute atomic E-state index is 0.0176. The molecule has 2 heterocycles. The number of aromatic nitrogens is 3. The van der Waals surface area contributed by atoms with Gasteiger partial charge in [-0.3, -0.25) is 14.3 Å². The summed E-state index contributed by atoms with van der Waals surface area (Å²) in [5.41, 5.74) is 0.733. The van der Waals surface area contributed by atoms with E-state index in [9.17, 15) is 9.59 Å². The second-order valence-electron chi connectivity index (χ2n) is 8.27. The lowest BCUT2D eigenvalue weighted by Crippen LogP contribution is -2.37. The van der Waals surface area contributed by atoms with E-state index in [1.807, 2.05) is 28.8 Å². The van der Waals surface area contributed by atoms with Crippen LogP contribution in [-0.2, 0) is 7.05 Å². The Morgan fingerprint density at radius 2 is 1.76 bits per heavy atom. The standard InChI is InChI=1S/C22H30N4O3/c1-24-22(28)26(18-5-3-4-6-18)21(23-24)17-11-13-25(14-12-17)15-20(27)16-7-9-19(29-2)10-8-16/h7-10,17-18H,3-6,11-15H2,1-2H3. The van der Waals surface area contributed by atoms with Crippen LogP contribution in [0.4, 0.5) is 0 Å². The molecule has 0 spiro atoms. The van der Waals surface area contributed by atoms with E-state index in [1.165, 1.54) is 17.5 Å². The van der Waals surface area contributed by atoms with E-state index in [4.69, 9.17) is 4.74 Å². The van der Waals surface area contributed by atoms with E-state index in [1.54, 1.807) is 14.2 Å². The molecule has 156 valence electrons. The van der Waals surface area contributed by atoms with Gasteiger partial charge in [-0.25, -0.2) is 9.48 Å².